The molecule has 1 aromatic heterocycles. The predicted molar refractivity (Wildman–Crippen MR) is 86.8 cm³/mol. The van der Waals surface area contributed by atoms with Crippen LogP contribution in [-0.2, 0) is 11.3 Å². The average Bonchev–Trinajstić information content (AvgIpc) is 3.22. The number of aromatic nitrogens is 1. The van der Waals surface area contributed by atoms with Crippen LogP contribution in [0.5, 0.6) is 0 Å². The minimum atomic E-state index is -0.252. The Hall–Kier alpha value is -1.85. The highest BCUT2D eigenvalue weighted by Crippen LogP contribution is 2.28. The van der Waals surface area contributed by atoms with Gasteiger partial charge in [0, 0.05) is 19.5 Å². The number of amides is 2. The van der Waals surface area contributed by atoms with E-state index in [1.54, 1.807) is 4.90 Å². The van der Waals surface area contributed by atoms with E-state index in [1.807, 2.05) is 13.8 Å². The lowest BCUT2D eigenvalue weighted by Gasteiger charge is -2.20. The predicted octanol–water partition coefficient (Wildman–Crippen LogP) is 2.74. The van der Waals surface area contributed by atoms with E-state index in [4.69, 9.17) is 4.42 Å². The minimum absolute atomic E-state index is 0.136. The standard InChI is InChI=1S/C17H27N3O3/c1-3-18-17(22)14-12-23-15(19-14)11-20(4-2)16(21)10-9-13-7-5-6-8-13/h12-13H,3-11H2,1-2H3,(H,18,22). The zero-order chi connectivity index (χ0) is 16.7. The maximum Gasteiger partial charge on any atom is 0.273 e. The van der Waals surface area contributed by atoms with Crippen molar-refractivity contribution < 1.29 is 14.0 Å². The summed E-state index contributed by atoms with van der Waals surface area (Å²) < 4.78 is 5.33. The first kappa shape index (κ1) is 17.5. The summed E-state index contributed by atoms with van der Waals surface area (Å²) >= 11 is 0. The van der Waals surface area contributed by atoms with E-state index in [0.29, 0.717) is 37.9 Å². The lowest BCUT2D eigenvalue weighted by atomic mass is 10.0. The highest BCUT2D eigenvalue weighted by Gasteiger charge is 2.20. The van der Waals surface area contributed by atoms with Crippen LogP contribution in [0.1, 0.15) is 68.8 Å². The van der Waals surface area contributed by atoms with Crippen molar-refractivity contribution in [2.45, 2.75) is 58.9 Å². The average molecular weight is 321 g/mol. The van der Waals surface area contributed by atoms with Gasteiger partial charge in [0.25, 0.3) is 5.91 Å². The largest absolute Gasteiger partial charge is 0.446 e. The SMILES string of the molecule is CCNC(=O)c1coc(CN(CC)C(=O)CCC2CCCC2)n1. The molecule has 6 heteroatoms. The van der Waals surface area contributed by atoms with Crippen LogP contribution in [0.4, 0.5) is 0 Å². The third-order valence-corrected chi connectivity index (χ3v) is 4.42. The topological polar surface area (TPSA) is 75.4 Å². The normalized spacial score (nSPS) is 14.9. The van der Waals surface area contributed by atoms with Crippen LogP contribution in [-0.4, -0.2) is 34.8 Å². The Balaban J connectivity index is 1.85. The molecule has 0 bridgehead atoms. The van der Waals surface area contributed by atoms with E-state index in [2.05, 4.69) is 10.3 Å². The molecule has 0 spiro atoms. The van der Waals surface area contributed by atoms with Crippen molar-refractivity contribution in [1.29, 1.82) is 0 Å². The van der Waals surface area contributed by atoms with Gasteiger partial charge in [-0.2, -0.15) is 0 Å². The van der Waals surface area contributed by atoms with Gasteiger partial charge < -0.3 is 14.6 Å². The summed E-state index contributed by atoms with van der Waals surface area (Å²) in [6.07, 6.45) is 8.03. The van der Waals surface area contributed by atoms with Crippen LogP contribution < -0.4 is 5.32 Å². The Morgan fingerprint density at radius 3 is 2.74 bits per heavy atom. The lowest BCUT2D eigenvalue weighted by molar-refractivity contribution is -0.132. The van der Waals surface area contributed by atoms with E-state index < -0.39 is 0 Å². The van der Waals surface area contributed by atoms with Gasteiger partial charge in [0.05, 0.1) is 6.54 Å². The van der Waals surface area contributed by atoms with Crippen molar-refractivity contribution in [1.82, 2.24) is 15.2 Å². The number of oxazole rings is 1. The van der Waals surface area contributed by atoms with Gasteiger partial charge in [-0.3, -0.25) is 9.59 Å². The molecule has 1 fully saturated rings. The molecular weight excluding hydrogens is 294 g/mol. The first-order chi connectivity index (χ1) is 11.1. The van der Waals surface area contributed by atoms with Crippen molar-refractivity contribution in [3.8, 4) is 0 Å². The molecule has 23 heavy (non-hydrogen) atoms. The summed E-state index contributed by atoms with van der Waals surface area (Å²) in [6, 6.07) is 0. The lowest BCUT2D eigenvalue weighted by Crippen LogP contribution is -2.30. The van der Waals surface area contributed by atoms with Gasteiger partial charge in [0.2, 0.25) is 11.8 Å². The summed E-state index contributed by atoms with van der Waals surface area (Å²) in [4.78, 5) is 29.9. The molecule has 0 radical (unpaired) electrons. The first-order valence-corrected chi connectivity index (χ1v) is 8.64. The van der Waals surface area contributed by atoms with Crippen molar-refractivity contribution in [2.24, 2.45) is 5.92 Å². The van der Waals surface area contributed by atoms with E-state index in [0.717, 1.165) is 6.42 Å². The highest BCUT2D eigenvalue weighted by molar-refractivity contribution is 5.91. The molecule has 1 aromatic rings. The zero-order valence-electron chi connectivity index (χ0n) is 14.1. The molecule has 2 amide bonds. The molecule has 0 saturated heterocycles. The number of carbonyl (C=O) groups excluding carboxylic acids is 2. The molecule has 0 aliphatic heterocycles. The second kappa shape index (κ2) is 8.70. The smallest absolute Gasteiger partial charge is 0.273 e. The monoisotopic (exact) mass is 321 g/mol. The van der Waals surface area contributed by atoms with Crippen LogP contribution in [0.15, 0.2) is 10.7 Å². The molecule has 2 rings (SSSR count). The van der Waals surface area contributed by atoms with Crippen LogP contribution in [0.25, 0.3) is 0 Å². The van der Waals surface area contributed by atoms with Crippen molar-refractivity contribution in [2.75, 3.05) is 13.1 Å². The number of hydrogen-bond acceptors (Lipinski definition) is 4. The maximum absolute atomic E-state index is 12.4. The molecule has 1 saturated carbocycles. The summed E-state index contributed by atoms with van der Waals surface area (Å²) in [5.74, 6) is 1.00. The second-order valence-corrected chi connectivity index (χ2v) is 6.08. The van der Waals surface area contributed by atoms with Gasteiger partial charge in [-0.25, -0.2) is 4.98 Å². The van der Waals surface area contributed by atoms with E-state index >= 15 is 0 Å². The number of rotatable bonds is 8. The molecule has 0 unspecified atom stereocenters. The van der Waals surface area contributed by atoms with Crippen LogP contribution >= 0.6 is 0 Å². The van der Waals surface area contributed by atoms with Crippen molar-refractivity contribution >= 4 is 11.8 Å². The van der Waals surface area contributed by atoms with Gasteiger partial charge in [-0.15, -0.1) is 0 Å². The van der Waals surface area contributed by atoms with Crippen molar-refractivity contribution in [3.05, 3.63) is 17.8 Å². The molecule has 6 nitrogen and oxygen atoms in total. The molecule has 128 valence electrons. The Kier molecular flexibility index (Phi) is 6.62. The Morgan fingerprint density at radius 1 is 1.35 bits per heavy atom. The van der Waals surface area contributed by atoms with E-state index in [1.165, 1.54) is 31.9 Å². The van der Waals surface area contributed by atoms with Gasteiger partial charge in [-0.05, 0) is 26.2 Å². The fourth-order valence-electron chi connectivity index (χ4n) is 3.06. The molecule has 1 aliphatic carbocycles. The van der Waals surface area contributed by atoms with E-state index in [-0.39, 0.29) is 17.5 Å². The molecule has 1 aliphatic rings. The summed E-state index contributed by atoms with van der Waals surface area (Å²) in [5, 5.41) is 2.67. The number of nitrogens with one attached hydrogen (secondary N) is 1. The maximum atomic E-state index is 12.4. The number of hydrogen-bond donors (Lipinski definition) is 1. The van der Waals surface area contributed by atoms with Gasteiger partial charge in [0.15, 0.2) is 5.69 Å². The highest BCUT2D eigenvalue weighted by atomic mass is 16.3. The third-order valence-electron chi connectivity index (χ3n) is 4.42. The summed E-state index contributed by atoms with van der Waals surface area (Å²) in [7, 11) is 0. The van der Waals surface area contributed by atoms with Crippen LogP contribution in [0.3, 0.4) is 0 Å². The Labute approximate surface area is 137 Å². The van der Waals surface area contributed by atoms with Gasteiger partial charge in [0.1, 0.15) is 6.26 Å². The molecule has 0 aromatic carbocycles. The molecule has 0 atom stereocenters. The second-order valence-electron chi connectivity index (χ2n) is 6.08. The van der Waals surface area contributed by atoms with Crippen LogP contribution in [0.2, 0.25) is 0 Å². The quantitative estimate of drug-likeness (QED) is 0.799. The summed E-state index contributed by atoms with van der Waals surface area (Å²) in [6.45, 7) is 5.27. The zero-order valence-corrected chi connectivity index (χ0v) is 14.1. The van der Waals surface area contributed by atoms with Crippen molar-refractivity contribution in [3.63, 3.8) is 0 Å². The molecule has 1 N–H and O–H groups in total. The number of nitrogens with zero attached hydrogens (tertiary/aromatic N) is 2. The van der Waals surface area contributed by atoms with Gasteiger partial charge >= 0.3 is 0 Å². The molecule has 1 heterocycles. The fraction of sp³-hybridized carbons (Fsp3) is 0.706. The third kappa shape index (κ3) is 5.08. The summed E-state index contributed by atoms with van der Waals surface area (Å²) in [5.41, 5.74) is 0.260. The Bertz CT molecular complexity index is 521. The van der Waals surface area contributed by atoms with E-state index in [9.17, 15) is 9.59 Å². The Morgan fingerprint density at radius 2 is 2.09 bits per heavy atom. The first-order valence-electron chi connectivity index (χ1n) is 8.64. The molecular formula is C17H27N3O3. The fourth-order valence-corrected chi connectivity index (χ4v) is 3.06. The number of carbonyl (C=O) groups is 2. The van der Waals surface area contributed by atoms with Crippen LogP contribution in [0, 0.1) is 5.92 Å². The minimum Gasteiger partial charge on any atom is -0.446 e. The van der Waals surface area contributed by atoms with Gasteiger partial charge in [-0.1, -0.05) is 25.7 Å².